The maximum Gasteiger partial charge on any atom is 0.315 e. The van der Waals surface area contributed by atoms with Gasteiger partial charge in [0.2, 0.25) is 0 Å². The highest BCUT2D eigenvalue weighted by Crippen LogP contribution is 2.14. The molecule has 0 atom stereocenters. The van der Waals surface area contributed by atoms with Gasteiger partial charge in [-0.3, -0.25) is 0 Å². The van der Waals surface area contributed by atoms with Crippen LogP contribution in [0.2, 0.25) is 0 Å². The van der Waals surface area contributed by atoms with Gasteiger partial charge in [-0.25, -0.2) is 4.79 Å². The molecule has 2 amide bonds. The van der Waals surface area contributed by atoms with Crippen molar-refractivity contribution in [2.24, 2.45) is 0 Å². The van der Waals surface area contributed by atoms with Gasteiger partial charge in [-0.1, -0.05) is 42.5 Å². The van der Waals surface area contributed by atoms with Crippen LogP contribution >= 0.6 is 0 Å². The Hall–Kier alpha value is -2.49. The van der Waals surface area contributed by atoms with Crippen LogP contribution in [0.4, 0.5) is 4.79 Å². The van der Waals surface area contributed by atoms with Crippen molar-refractivity contribution in [2.45, 2.75) is 39.5 Å². The molecule has 2 aromatic carbocycles. The zero-order chi connectivity index (χ0) is 16.7. The molecular weight excluding hydrogens is 288 g/mol. The topological polar surface area (TPSA) is 50.4 Å². The number of ether oxygens (including phenoxy) is 1. The highest BCUT2D eigenvalue weighted by molar-refractivity contribution is 5.74. The van der Waals surface area contributed by atoms with Crippen LogP contribution in [0.25, 0.3) is 0 Å². The van der Waals surface area contributed by atoms with Gasteiger partial charge < -0.3 is 15.4 Å². The van der Waals surface area contributed by atoms with Crippen LogP contribution in [0, 0.1) is 0 Å². The molecule has 0 aliphatic carbocycles. The number of benzene rings is 2. The Kier molecular flexibility index (Phi) is 5.63. The molecule has 0 fully saturated rings. The first-order valence-electron chi connectivity index (χ1n) is 7.74. The Morgan fingerprint density at radius 1 is 0.957 bits per heavy atom. The third-order valence-corrected chi connectivity index (χ3v) is 3.11. The van der Waals surface area contributed by atoms with E-state index in [1.165, 1.54) is 0 Å². The van der Waals surface area contributed by atoms with E-state index in [2.05, 4.69) is 10.6 Å². The number of carbonyl (C=O) groups excluding carboxylic acids is 1. The van der Waals surface area contributed by atoms with Crippen molar-refractivity contribution in [3.05, 3.63) is 65.7 Å². The molecule has 23 heavy (non-hydrogen) atoms. The lowest BCUT2D eigenvalue weighted by Crippen LogP contribution is -2.46. The fourth-order valence-corrected chi connectivity index (χ4v) is 2.01. The summed E-state index contributed by atoms with van der Waals surface area (Å²) in [4.78, 5) is 11.7. The highest BCUT2D eigenvalue weighted by atomic mass is 16.5. The van der Waals surface area contributed by atoms with Crippen molar-refractivity contribution < 1.29 is 9.53 Å². The Balaban J connectivity index is 1.79. The van der Waals surface area contributed by atoms with Gasteiger partial charge in [0, 0.05) is 12.1 Å². The number of hydrogen-bond acceptors (Lipinski definition) is 2. The molecule has 0 saturated carbocycles. The number of carbonyl (C=O) groups is 1. The predicted molar refractivity (Wildman–Crippen MR) is 92.3 cm³/mol. The van der Waals surface area contributed by atoms with Crippen LogP contribution in [-0.4, -0.2) is 11.6 Å². The molecule has 0 unspecified atom stereocenters. The van der Waals surface area contributed by atoms with Crippen LogP contribution in [0.5, 0.6) is 5.75 Å². The summed E-state index contributed by atoms with van der Waals surface area (Å²) in [6.07, 6.45) is 0. The lowest BCUT2D eigenvalue weighted by Gasteiger charge is -2.20. The lowest BCUT2D eigenvalue weighted by molar-refractivity contribution is 0.231. The molecule has 0 spiro atoms. The van der Waals surface area contributed by atoms with Gasteiger partial charge in [-0.2, -0.15) is 0 Å². The van der Waals surface area contributed by atoms with Gasteiger partial charge >= 0.3 is 6.03 Å². The first-order chi connectivity index (χ1) is 10.9. The normalized spacial score (nSPS) is 10.9. The van der Waals surface area contributed by atoms with Gasteiger partial charge in [0.05, 0.1) is 0 Å². The van der Waals surface area contributed by atoms with E-state index in [1.807, 2.05) is 75.4 Å². The summed E-state index contributed by atoms with van der Waals surface area (Å²) < 4.78 is 5.74. The maximum absolute atomic E-state index is 11.7. The molecule has 0 radical (unpaired) electrons. The first kappa shape index (κ1) is 16.9. The van der Waals surface area contributed by atoms with Gasteiger partial charge in [0.15, 0.2) is 0 Å². The molecule has 2 aromatic rings. The number of rotatable bonds is 5. The molecule has 4 nitrogen and oxygen atoms in total. The van der Waals surface area contributed by atoms with E-state index in [0.717, 1.165) is 16.9 Å². The fourth-order valence-electron chi connectivity index (χ4n) is 2.01. The molecular formula is C19H24N2O2. The summed E-state index contributed by atoms with van der Waals surface area (Å²) in [6.45, 7) is 6.88. The van der Waals surface area contributed by atoms with Crippen molar-refractivity contribution in [1.82, 2.24) is 10.6 Å². The first-order valence-corrected chi connectivity index (χ1v) is 7.74. The molecule has 2 N–H and O–H groups in total. The monoisotopic (exact) mass is 312 g/mol. The number of urea groups is 1. The Bertz CT molecular complexity index is 616. The van der Waals surface area contributed by atoms with Crippen LogP contribution in [0.3, 0.4) is 0 Å². The minimum absolute atomic E-state index is 0.165. The smallest absolute Gasteiger partial charge is 0.315 e. The Morgan fingerprint density at radius 2 is 1.61 bits per heavy atom. The summed E-state index contributed by atoms with van der Waals surface area (Å²) >= 11 is 0. The minimum Gasteiger partial charge on any atom is -0.489 e. The molecule has 0 heterocycles. The molecule has 4 heteroatoms. The second-order valence-corrected chi connectivity index (χ2v) is 6.48. The zero-order valence-corrected chi connectivity index (χ0v) is 13.9. The van der Waals surface area contributed by atoms with Crippen molar-refractivity contribution in [2.75, 3.05) is 0 Å². The minimum atomic E-state index is -0.237. The summed E-state index contributed by atoms with van der Waals surface area (Å²) in [5.74, 6) is 0.816. The third kappa shape index (κ3) is 6.43. The average molecular weight is 312 g/mol. The van der Waals surface area contributed by atoms with Crippen molar-refractivity contribution >= 4 is 6.03 Å². The largest absolute Gasteiger partial charge is 0.489 e. The zero-order valence-electron chi connectivity index (χ0n) is 13.9. The van der Waals surface area contributed by atoms with E-state index in [0.29, 0.717) is 13.2 Å². The highest BCUT2D eigenvalue weighted by Gasteiger charge is 2.12. The predicted octanol–water partition coefficient (Wildman–Crippen LogP) is 3.86. The van der Waals surface area contributed by atoms with Gasteiger partial charge in [-0.15, -0.1) is 0 Å². The third-order valence-electron chi connectivity index (χ3n) is 3.11. The van der Waals surface area contributed by atoms with Crippen LogP contribution in [0.1, 0.15) is 31.9 Å². The lowest BCUT2D eigenvalue weighted by atomic mass is 10.1. The summed E-state index contributed by atoms with van der Waals surface area (Å²) in [6, 6.07) is 17.6. The van der Waals surface area contributed by atoms with Crippen LogP contribution < -0.4 is 15.4 Å². The maximum atomic E-state index is 11.7. The summed E-state index contributed by atoms with van der Waals surface area (Å²) in [5, 5.41) is 5.71. The number of nitrogens with one attached hydrogen (secondary N) is 2. The second-order valence-electron chi connectivity index (χ2n) is 6.48. The van der Waals surface area contributed by atoms with E-state index in [1.54, 1.807) is 0 Å². The van der Waals surface area contributed by atoms with E-state index in [-0.39, 0.29) is 11.6 Å². The molecule has 122 valence electrons. The van der Waals surface area contributed by atoms with E-state index in [9.17, 15) is 4.79 Å². The number of hydrogen-bond donors (Lipinski definition) is 2. The molecule has 0 aromatic heterocycles. The Labute approximate surface area is 137 Å². The van der Waals surface area contributed by atoms with Gasteiger partial charge in [0.1, 0.15) is 12.4 Å². The van der Waals surface area contributed by atoms with Gasteiger partial charge in [0.25, 0.3) is 0 Å². The summed E-state index contributed by atoms with van der Waals surface area (Å²) in [7, 11) is 0. The SMILES string of the molecule is CC(C)(C)NC(=O)NCc1ccc(OCc2ccccc2)cc1. The van der Waals surface area contributed by atoms with Crippen molar-refractivity contribution in [3.63, 3.8) is 0 Å². The summed E-state index contributed by atoms with van der Waals surface area (Å²) in [5.41, 5.74) is 1.93. The van der Waals surface area contributed by atoms with E-state index >= 15 is 0 Å². The molecule has 0 bridgehead atoms. The van der Waals surface area contributed by atoms with Crippen LogP contribution in [0.15, 0.2) is 54.6 Å². The average Bonchev–Trinajstić information content (AvgIpc) is 2.51. The quantitative estimate of drug-likeness (QED) is 0.880. The van der Waals surface area contributed by atoms with Crippen molar-refractivity contribution in [3.8, 4) is 5.75 Å². The standard InChI is InChI=1S/C19H24N2O2/c1-19(2,3)21-18(22)20-13-15-9-11-17(12-10-15)23-14-16-7-5-4-6-8-16/h4-12H,13-14H2,1-3H3,(H2,20,21,22). The van der Waals surface area contributed by atoms with E-state index in [4.69, 9.17) is 4.74 Å². The van der Waals surface area contributed by atoms with Gasteiger partial charge in [-0.05, 0) is 44.0 Å². The van der Waals surface area contributed by atoms with Crippen molar-refractivity contribution in [1.29, 1.82) is 0 Å². The van der Waals surface area contributed by atoms with E-state index < -0.39 is 0 Å². The number of amides is 2. The fraction of sp³-hybridized carbons (Fsp3) is 0.316. The molecule has 2 rings (SSSR count). The Morgan fingerprint density at radius 3 is 2.22 bits per heavy atom. The second kappa shape index (κ2) is 7.68. The molecule has 0 aliphatic rings. The van der Waals surface area contributed by atoms with Crippen LogP contribution in [-0.2, 0) is 13.2 Å². The molecule has 0 saturated heterocycles. The molecule has 0 aliphatic heterocycles.